The molecular formula is C12H14O. The van der Waals surface area contributed by atoms with Crippen LogP contribution in [0.5, 0.6) is 0 Å². The normalized spacial score (nSPS) is 15.8. The fourth-order valence-electron chi connectivity index (χ4n) is 1.66. The Hall–Kier alpha value is -1.11. The number of benzene rings is 1. The molecular weight excluding hydrogens is 160 g/mol. The number of carbonyl (C=O) groups is 1. The van der Waals surface area contributed by atoms with Gasteiger partial charge in [-0.2, -0.15) is 0 Å². The van der Waals surface area contributed by atoms with Gasteiger partial charge in [-0.15, -0.1) is 0 Å². The lowest BCUT2D eigenvalue weighted by atomic mass is 10.00. The Labute approximate surface area is 78.8 Å². The van der Waals surface area contributed by atoms with Crippen molar-refractivity contribution < 1.29 is 4.79 Å². The molecule has 0 atom stereocenters. The van der Waals surface area contributed by atoms with Crippen molar-refractivity contribution in [1.29, 1.82) is 0 Å². The van der Waals surface area contributed by atoms with Gasteiger partial charge in [0.25, 0.3) is 0 Å². The van der Waals surface area contributed by atoms with Gasteiger partial charge in [-0.3, -0.25) is 4.79 Å². The number of Topliss-reactive ketones (excluding diaryl/α,β-unsaturated/α-hetero) is 1. The first kappa shape index (κ1) is 8.49. The van der Waals surface area contributed by atoms with Crippen molar-refractivity contribution in [2.75, 3.05) is 0 Å². The molecule has 0 radical (unpaired) electrons. The van der Waals surface area contributed by atoms with Gasteiger partial charge in [0.2, 0.25) is 0 Å². The van der Waals surface area contributed by atoms with Crippen LogP contribution in [0.3, 0.4) is 0 Å². The molecule has 0 aromatic heterocycles. The predicted octanol–water partition coefficient (Wildman–Crippen LogP) is 2.90. The maximum Gasteiger partial charge on any atom is 0.166 e. The lowest BCUT2D eigenvalue weighted by molar-refractivity contribution is 0.0967. The van der Waals surface area contributed by atoms with Gasteiger partial charge in [0.15, 0.2) is 5.78 Å². The first-order valence-electron chi connectivity index (χ1n) is 4.80. The van der Waals surface area contributed by atoms with Gasteiger partial charge in [0, 0.05) is 11.5 Å². The number of hydrogen-bond acceptors (Lipinski definition) is 1. The Bertz CT molecular complexity index is 348. The smallest absolute Gasteiger partial charge is 0.166 e. The van der Waals surface area contributed by atoms with Crippen LogP contribution in [0.1, 0.15) is 34.3 Å². The Morgan fingerprint density at radius 2 is 2.00 bits per heavy atom. The Balaban J connectivity index is 2.33. The summed E-state index contributed by atoms with van der Waals surface area (Å²) >= 11 is 0. The van der Waals surface area contributed by atoms with Gasteiger partial charge >= 0.3 is 0 Å². The van der Waals surface area contributed by atoms with Crippen molar-refractivity contribution >= 4 is 5.78 Å². The summed E-state index contributed by atoms with van der Waals surface area (Å²) in [7, 11) is 0. The molecule has 0 bridgehead atoms. The summed E-state index contributed by atoms with van der Waals surface area (Å²) in [5, 5.41) is 0. The number of hydrogen-bond donors (Lipinski definition) is 0. The second-order valence-corrected chi connectivity index (χ2v) is 3.96. The maximum atomic E-state index is 11.7. The minimum atomic E-state index is 0.335. The van der Waals surface area contributed by atoms with Gasteiger partial charge in [0.05, 0.1) is 0 Å². The molecule has 13 heavy (non-hydrogen) atoms. The van der Waals surface area contributed by atoms with Gasteiger partial charge in [-0.05, 0) is 32.3 Å². The summed E-state index contributed by atoms with van der Waals surface area (Å²) in [5.74, 6) is 0.680. The van der Waals surface area contributed by atoms with E-state index in [-0.39, 0.29) is 0 Å². The molecule has 1 aliphatic rings. The molecule has 0 saturated heterocycles. The van der Waals surface area contributed by atoms with Crippen LogP contribution < -0.4 is 0 Å². The van der Waals surface area contributed by atoms with Crippen LogP contribution in [0.4, 0.5) is 0 Å². The standard InChI is InChI=1S/C12H14O/c1-8-3-6-11(9(2)7-8)12(13)10-4-5-10/h3,6-7,10H,4-5H2,1-2H3. The largest absolute Gasteiger partial charge is 0.294 e. The van der Waals surface area contributed by atoms with E-state index in [0.717, 1.165) is 24.0 Å². The Morgan fingerprint density at radius 1 is 1.31 bits per heavy atom. The third-order valence-electron chi connectivity index (χ3n) is 2.60. The number of ketones is 1. The Morgan fingerprint density at radius 3 is 2.54 bits per heavy atom. The highest BCUT2D eigenvalue weighted by molar-refractivity contribution is 6.00. The van der Waals surface area contributed by atoms with Crippen LogP contribution in [-0.4, -0.2) is 5.78 Å². The fraction of sp³-hybridized carbons (Fsp3) is 0.417. The van der Waals surface area contributed by atoms with Crippen molar-refractivity contribution in [2.24, 2.45) is 5.92 Å². The van der Waals surface area contributed by atoms with Crippen molar-refractivity contribution in [3.05, 3.63) is 34.9 Å². The SMILES string of the molecule is Cc1ccc(C(=O)C2CC2)c(C)c1. The third-order valence-corrected chi connectivity index (χ3v) is 2.60. The van der Waals surface area contributed by atoms with Crippen molar-refractivity contribution in [1.82, 2.24) is 0 Å². The van der Waals surface area contributed by atoms with E-state index in [4.69, 9.17) is 0 Å². The second-order valence-electron chi connectivity index (χ2n) is 3.96. The van der Waals surface area contributed by atoms with Crippen LogP contribution in [0, 0.1) is 19.8 Å². The average molecular weight is 174 g/mol. The summed E-state index contributed by atoms with van der Waals surface area (Å²) in [6, 6.07) is 6.06. The monoisotopic (exact) mass is 174 g/mol. The van der Waals surface area contributed by atoms with Crippen LogP contribution in [-0.2, 0) is 0 Å². The van der Waals surface area contributed by atoms with E-state index in [1.807, 2.05) is 19.1 Å². The highest BCUT2D eigenvalue weighted by Crippen LogP contribution is 2.33. The quantitative estimate of drug-likeness (QED) is 0.630. The summed E-state index contributed by atoms with van der Waals surface area (Å²) in [5.41, 5.74) is 3.27. The molecule has 0 spiro atoms. The average Bonchev–Trinajstić information content (AvgIpc) is 2.85. The zero-order chi connectivity index (χ0) is 9.42. The molecule has 1 nitrogen and oxygen atoms in total. The van der Waals surface area contributed by atoms with E-state index >= 15 is 0 Å². The highest BCUT2D eigenvalue weighted by atomic mass is 16.1. The van der Waals surface area contributed by atoms with Crippen LogP contribution >= 0.6 is 0 Å². The molecule has 68 valence electrons. The zero-order valence-electron chi connectivity index (χ0n) is 8.13. The predicted molar refractivity (Wildman–Crippen MR) is 53.0 cm³/mol. The molecule has 0 unspecified atom stereocenters. The topological polar surface area (TPSA) is 17.1 Å². The van der Waals surface area contributed by atoms with Gasteiger partial charge in [-0.25, -0.2) is 0 Å². The molecule has 0 heterocycles. The second kappa shape index (κ2) is 2.99. The van der Waals surface area contributed by atoms with E-state index < -0.39 is 0 Å². The molecule has 0 amide bonds. The van der Waals surface area contributed by atoms with Gasteiger partial charge in [-0.1, -0.05) is 23.8 Å². The summed E-state index contributed by atoms with van der Waals surface area (Å²) in [4.78, 5) is 11.7. The molecule has 1 fully saturated rings. The minimum Gasteiger partial charge on any atom is -0.294 e. The van der Waals surface area contributed by atoms with Crippen LogP contribution in [0.25, 0.3) is 0 Å². The van der Waals surface area contributed by atoms with Crippen molar-refractivity contribution in [3.63, 3.8) is 0 Å². The van der Waals surface area contributed by atoms with E-state index in [2.05, 4.69) is 13.0 Å². The third kappa shape index (κ3) is 1.64. The van der Waals surface area contributed by atoms with E-state index in [1.54, 1.807) is 0 Å². The van der Waals surface area contributed by atoms with E-state index in [1.165, 1.54) is 5.56 Å². The Kier molecular flexibility index (Phi) is 1.95. The molecule has 2 rings (SSSR count). The minimum absolute atomic E-state index is 0.335. The van der Waals surface area contributed by atoms with Crippen LogP contribution in [0.15, 0.2) is 18.2 Å². The molecule has 1 heteroatoms. The molecule has 1 aliphatic carbocycles. The summed E-state index contributed by atoms with van der Waals surface area (Å²) in [6.07, 6.45) is 2.18. The van der Waals surface area contributed by atoms with E-state index in [9.17, 15) is 4.79 Å². The first-order valence-corrected chi connectivity index (χ1v) is 4.80. The number of rotatable bonds is 2. The molecule has 0 N–H and O–H groups in total. The van der Waals surface area contributed by atoms with Gasteiger partial charge < -0.3 is 0 Å². The maximum absolute atomic E-state index is 11.7. The fourth-order valence-corrected chi connectivity index (χ4v) is 1.66. The summed E-state index contributed by atoms with van der Waals surface area (Å²) in [6.45, 7) is 4.07. The van der Waals surface area contributed by atoms with Crippen molar-refractivity contribution in [2.45, 2.75) is 26.7 Å². The van der Waals surface area contributed by atoms with Crippen LogP contribution in [0.2, 0.25) is 0 Å². The number of aryl methyl sites for hydroxylation is 2. The van der Waals surface area contributed by atoms with Gasteiger partial charge in [0.1, 0.15) is 0 Å². The summed E-state index contributed by atoms with van der Waals surface area (Å²) < 4.78 is 0. The zero-order valence-corrected chi connectivity index (χ0v) is 8.13. The molecule has 1 saturated carbocycles. The lowest BCUT2D eigenvalue weighted by Gasteiger charge is -2.04. The lowest BCUT2D eigenvalue weighted by Crippen LogP contribution is -2.03. The first-order chi connectivity index (χ1) is 6.18. The van der Waals surface area contributed by atoms with Crippen molar-refractivity contribution in [3.8, 4) is 0 Å². The highest BCUT2D eigenvalue weighted by Gasteiger charge is 2.30. The molecule has 0 aliphatic heterocycles. The number of carbonyl (C=O) groups excluding carboxylic acids is 1. The van der Waals surface area contributed by atoms with E-state index in [0.29, 0.717) is 11.7 Å². The molecule has 1 aromatic rings. The molecule has 1 aromatic carbocycles.